The Labute approximate surface area is 213 Å². The smallest absolute Gasteiger partial charge is 0.251 e. The van der Waals surface area contributed by atoms with Crippen LogP contribution in [0, 0.1) is 0 Å². The number of carbonyl (C=O) groups is 1. The van der Waals surface area contributed by atoms with Crippen molar-refractivity contribution in [3.8, 4) is 17.1 Å². The minimum atomic E-state index is -0.145. The lowest BCUT2D eigenvalue weighted by Crippen LogP contribution is -2.41. The first-order chi connectivity index (χ1) is 18.1. The summed E-state index contributed by atoms with van der Waals surface area (Å²) < 4.78 is 16.3. The number of hydrogen-bond acceptors (Lipinski definition) is 8. The van der Waals surface area contributed by atoms with Gasteiger partial charge in [-0.15, -0.1) is 0 Å². The average Bonchev–Trinajstić information content (AvgIpc) is 3.47. The van der Waals surface area contributed by atoms with Crippen LogP contribution in [0.4, 0.5) is 5.82 Å². The number of pyridine rings is 1. The second-order valence-electron chi connectivity index (χ2n) is 8.77. The fourth-order valence-electron chi connectivity index (χ4n) is 4.36. The van der Waals surface area contributed by atoms with E-state index in [4.69, 9.17) is 13.9 Å². The van der Waals surface area contributed by atoms with E-state index in [0.29, 0.717) is 52.4 Å². The van der Waals surface area contributed by atoms with E-state index in [2.05, 4.69) is 25.5 Å². The third-order valence-corrected chi connectivity index (χ3v) is 6.34. The number of aromatic amines is 1. The quantitative estimate of drug-likeness (QED) is 0.319. The normalized spacial score (nSPS) is 14.0. The highest BCUT2D eigenvalue weighted by Crippen LogP contribution is 2.32. The zero-order chi connectivity index (χ0) is 25.6. The lowest BCUT2D eigenvalue weighted by molar-refractivity contribution is 0.0383. The van der Waals surface area contributed by atoms with Crippen molar-refractivity contribution >= 4 is 22.6 Å². The van der Waals surface area contributed by atoms with Gasteiger partial charge in [0, 0.05) is 55.8 Å². The van der Waals surface area contributed by atoms with E-state index in [1.165, 1.54) is 12.5 Å². The highest BCUT2D eigenvalue weighted by Gasteiger charge is 2.14. The third-order valence-electron chi connectivity index (χ3n) is 6.34. The van der Waals surface area contributed by atoms with Crippen LogP contribution in [0.2, 0.25) is 0 Å². The molecule has 0 bridgehead atoms. The van der Waals surface area contributed by atoms with Gasteiger partial charge in [0.1, 0.15) is 11.6 Å². The van der Waals surface area contributed by atoms with Gasteiger partial charge in [0.25, 0.3) is 5.91 Å². The van der Waals surface area contributed by atoms with E-state index in [9.17, 15) is 9.59 Å². The van der Waals surface area contributed by atoms with Crippen molar-refractivity contribution in [1.29, 1.82) is 0 Å². The van der Waals surface area contributed by atoms with E-state index >= 15 is 0 Å². The molecule has 0 aliphatic carbocycles. The molecule has 192 valence electrons. The molecule has 1 aliphatic rings. The molecule has 37 heavy (non-hydrogen) atoms. The van der Waals surface area contributed by atoms with Crippen LogP contribution in [-0.2, 0) is 11.3 Å². The molecule has 10 nitrogen and oxygen atoms in total. The molecule has 0 unspecified atom stereocenters. The van der Waals surface area contributed by atoms with Crippen molar-refractivity contribution in [3.63, 3.8) is 0 Å². The van der Waals surface area contributed by atoms with Gasteiger partial charge in [-0.05, 0) is 23.8 Å². The van der Waals surface area contributed by atoms with Crippen molar-refractivity contribution in [2.75, 3.05) is 51.8 Å². The number of amides is 1. The fraction of sp³-hybridized carbons (Fsp3) is 0.296. The zero-order valence-electron chi connectivity index (χ0n) is 20.6. The number of nitrogens with one attached hydrogen (secondary N) is 3. The van der Waals surface area contributed by atoms with Crippen LogP contribution in [0.3, 0.4) is 0 Å². The summed E-state index contributed by atoms with van der Waals surface area (Å²) >= 11 is 0. The Morgan fingerprint density at radius 3 is 2.84 bits per heavy atom. The van der Waals surface area contributed by atoms with Crippen LogP contribution in [0.15, 0.2) is 64.3 Å². The van der Waals surface area contributed by atoms with Crippen molar-refractivity contribution in [2.45, 2.75) is 6.54 Å². The van der Waals surface area contributed by atoms with Crippen molar-refractivity contribution in [2.24, 2.45) is 0 Å². The summed E-state index contributed by atoms with van der Waals surface area (Å²) in [7, 11) is 1.56. The first-order valence-electron chi connectivity index (χ1n) is 12.2. The van der Waals surface area contributed by atoms with Crippen molar-refractivity contribution in [1.82, 2.24) is 20.2 Å². The summed E-state index contributed by atoms with van der Waals surface area (Å²) in [5.74, 6) is 1.53. The van der Waals surface area contributed by atoms with Gasteiger partial charge < -0.3 is 29.5 Å². The maximum atomic E-state index is 12.9. The zero-order valence-corrected chi connectivity index (χ0v) is 20.6. The van der Waals surface area contributed by atoms with E-state index in [1.807, 2.05) is 18.2 Å². The van der Waals surface area contributed by atoms with Gasteiger partial charge in [0.15, 0.2) is 17.6 Å². The minimum Gasteiger partial charge on any atom is -0.496 e. The number of rotatable bonds is 9. The monoisotopic (exact) mass is 503 g/mol. The molecule has 1 aliphatic heterocycles. The molecule has 3 N–H and O–H groups in total. The van der Waals surface area contributed by atoms with Crippen molar-refractivity contribution < 1.29 is 18.7 Å². The Balaban J connectivity index is 1.25. The molecule has 0 atom stereocenters. The largest absolute Gasteiger partial charge is 0.496 e. The highest BCUT2D eigenvalue weighted by molar-refractivity contribution is 5.94. The summed E-state index contributed by atoms with van der Waals surface area (Å²) in [5, 5.41) is 6.75. The third kappa shape index (κ3) is 5.82. The summed E-state index contributed by atoms with van der Waals surface area (Å²) in [6.45, 7) is 5.08. The highest BCUT2D eigenvalue weighted by atomic mass is 16.5. The number of carbonyl (C=O) groups excluding carboxylic acids is 1. The molecular weight excluding hydrogens is 474 g/mol. The van der Waals surface area contributed by atoms with Crippen LogP contribution in [0.25, 0.3) is 22.2 Å². The van der Waals surface area contributed by atoms with Gasteiger partial charge in [-0.25, -0.2) is 4.98 Å². The molecule has 1 fully saturated rings. The number of aromatic nitrogens is 2. The number of methoxy groups -OCH3 is 1. The lowest BCUT2D eigenvalue weighted by Gasteiger charge is -2.26. The molecule has 5 rings (SSSR count). The summed E-state index contributed by atoms with van der Waals surface area (Å²) in [5.41, 5.74) is 2.65. The maximum absolute atomic E-state index is 12.9. The standard InChI is InChI=1S/C27H29N5O5/c1-35-24-13-22-20(12-21(24)25-16-28-17-37-25)23(33)14-26(31-22)30-15-18-3-2-4-19(11-18)27(34)29-5-6-32-7-9-36-10-8-32/h2-4,11-14,16-17H,5-10,15H2,1H3,(H,29,34)(H2,30,31,33). The number of anilines is 1. The van der Waals surface area contributed by atoms with Gasteiger partial charge in [0.2, 0.25) is 0 Å². The Bertz CT molecular complexity index is 1430. The first kappa shape index (κ1) is 24.5. The average molecular weight is 504 g/mol. The molecule has 1 saturated heterocycles. The predicted octanol–water partition coefficient (Wildman–Crippen LogP) is 2.87. The number of benzene rings is 2. The Morgan fingerprint density at radius 2 is 2.05 bits per heavy atom. The second kappa shape index (κ2) is 11.3. The van der Waals surface area contributed by atoms with Gasteiger partial charge in [-0.2, -0.15) is 0 Å². The SMILES string of the molecule is COc1cc2[nH]c(NCc3cccc(C(=O)NCCN4CCOCC4)c3)cc(=O)c2cc1-c1cnco1. The van der Waals surface area contributed by atoms with Crippen LogP contribution < -0.4 is 20.8 Å². The molecule has 0 radical (unpaired) electrons. The van der Waals surface area contributed by atoms with Crippen LogP contribution in [0.1, 0.15) is 15.9 Å². The minimum absolute atomic E-state index is 0.108. The number of H-pyrrole nitrogens is 1. The molecule has 1 amide bonds. The Hall–Kier alpha value is -4.15. The fourth-order valence-corrected chi connectivity index (χ4v) is 4.36. The van der Waals surface area contributed by atoms with Crippen LogP contribution in [0.5, 0.6) is 5.75 Å². The summed E-state index contributed by atoms with van der Waals surface area (Å²) in [6, 6.07) is 12.4. The van der Waals surface area contributed by atoms with E-state index in [1.54, 1.807) is 31.5 Å². The van der Waals surface area contributed by atoms with Crippen molar-refractivity contribution in [3.05, 3.63) is 76.4 Å². The molecule has 0 spiro atoms. The summed E-state index contributed by atoms with van der Waals surface area (Å²) in [4.78, 5) is 35.0. The van der Waals surface area contributed by atoms with Gasteiger partial charge in [-0.3, -0.25) is 14.5 Å². The number of fused-ring (bicyclic) bond motifs is 1. The first-order valence-corrected chi connectivity index (χ1v) is 12.2. The maximum Gasteiger partial charge on any atom is 0.251 e. The second-order valence-corrected chi connectivity index (χ2v) is 8.77. The van der Waals surface area contributed by atoms with Crippen LogP contribution >= 0.6 is 0 Å². The molecule has 4 aromatic rings. The van der Waals surface area contributed by atoms with Gasteiger partial charge in [0.05, 0.1) is 37.6 Å². The predicted molar refractivity (Wildman–Crippen MR) is 140 cm³/mol. The molecule has 0 saturated carbocycles. The number of nitrogens with zero attached hydrogens (tertiary/aromatic N) is 2. The van der Waals surface area contributed by atoms with E-state index in [0.717, 1.165) is 38.4 Å². The lowest BCUT2D eigenvalue weighted by atomic mass is 10.1. The number of morpholine rings is 1. The van der Waals surface area contributed by atoms with Crippen LogP contribution in [-0.4, -0.2) is 67.3 Å². The molecule has 10 heteroatoms. The topological polar surface area (TPSA) is 122 Å². The number of oxazole rings is 1. The Morgan fingerprint density at radius 1 is 1.19 bits per heavy atom. The van der Waals surface area contributed by atoms with Gasteiger partial charge in [-0.1, -0.05) is 12.1 Å². The summed E-state index contributed by atoms with van der Waals surface area (Å²) in [6.07, 6.45) is 2.91. The molecular formula is C27H29N5O5. The van der Waals surface area contributed by atoms with Gasteiger partial charge >= 0.3 is 0 Å². The number of ether oxygens (including phenoxy) is 2. The van der Waals surface area contributed by atoms with E-state index < -0.39 is 0 Å². The molecule has 2 aromatic heterocycles. The molecule has 3 heterocycles. The Kier molecular flexibility index (Phi) is 7.48. The van der Waals surface area contributed by atoms with E-state index in [-0.39, 0.29) is 11.3 Å². The number of hydrogen-bond donors (Lipinski definition) is 3. The molecule has 2 aromatic carbocycles.